The minimum atomic E-state index is 0.358. The van der Waals surface area contributed by atoms with Crippen LogP contribution in [0.5, 0.6) is 0 Å². The summed E-state index contributed by atoms with van der Waals surface area (Å²) in [6.45, 7) is 0. The lowest BCUT2D eigenvalue weighted by atomic mass is 10.2. The van der Waals surface area contributed by atoms with E-state index in [4.69, 9.17) is 5.26 Å². The number of nitriles is 1. The molecular weight excluding hydrogens is 210 g/mol. The molecule has 2 aromatic rings. The van der Waals surface area contributed by atoms with Gasteiger partial charge in [-0.1, -0.05) is 0 Å². The third kappa shape index (κ3) is 1.69. The predicted molar refractivity (Wildman–Crippen MR) is 56.2 cm³/mol. The van der Waals surface area contributed by atoms with Crippen molar-refractivity contribution >= 4 is 12.6 Å². The molecule has 74 valence electrons. The van der Waals surface area contributed by atoms with Crippen LogP contribution < -0.4 is 0 Å². The maximum Gasteiger partial charge on any atom is 0.188 e. The van der Waals surface area contributed by atoms with Gasteiger partial charge in [0.2, 0.25) is 0 Å². The molecule has 2 rings (SSSR count). The summed E-state index contributed by atoms with van der Waals surface area (Å²) in [5, 5.41) is 17.0. The summed E-state index contributed by atoms with van der Waals surface area (Å²) in [6.07, 6.45) is 1.57. The summed E-state index contributed by atoms with van der Waals surface area (Å²) >= 11 is 4.13. The first-order chi connectivity index (χ1) is 7.22. The van der Waals surface area contributed by atoms with Crippen LogP contribution in [0.25, 0.3) is 11.4 Å². The minimum Gasteiger partial charge on any atom is -0.305 e. The van der Waals surface area contributed by atoms with E-state index in [1.165, 1.54) is 0 Å². The zero-order valence-corrected chi connectivity index (χ0v) is 8.81. The molecule has 0 unspecified atom stereocenters. The molecule has 5 nitrogen and oxygen atoms in total. The van der Waals surface area contributed by atoms with Crippen molar-refractivity contribution in [2.75, 3.05) is 0 Å². The Kier molecular flexibility index (Phi) is 2.39. The van der Waals surface area contributed by atoms with Gasteiger partial charge in [0.1, 0.15) is 11.8 Å². The molecule has 0 atom stereocenters. The average Bonchev–Trinajstić information content (AvgIpc) is 2.60. The van der Waals surface area contributed by atoms with Crippen molar-refractivity contribution in [1.82, 2.24) is 19.7 Å². The van der Waals surface area contributed by atoms with E-state index in [0.717, 1.165) is 5.56 Å². The van der Waals surface area contributed by atoms with Gasteiger partial charge in [-0.25, -0.2) is 4.98 Å². The van der Waals surface area contributed by atoms with Crippen LogP contribution in [0, 0.1) is 11.3 Å². The fourth-order valence-corrected chi connectivity index (χ4v) is 1.34. The van der Waals surface area contributed by atoms with Crippen LogP contribution in [0.3, 0.4) is 0 Å². The summed E-state index contributed by atoms with van der Waals surface area (Å²) < 4.78 is 1.74. The Morgan fingerprint density at radius 1 is 1.47 bits per heavy atom. The SMILES string of the molecule is Cn1c(S)nnc1-c1ccnc(C#N)c1. The fourth-order valence-electron chi connectivity index (χ4n) is 1.20. The topological polar surface area (TPSA) is 67.4 Å². The first-order valence-corrected chi connectivity index (χ1v) is 4.62. The van der Waals surface area contributed by atoms with Gasteiger partial charge in [0.25, 0.3) is 0 Å². The monoisotopic (exact) mass is 217 g/mol. The maximum absolute atomic E-state index is 8.71. The van der Waals surface area contributed by atoms with Gasteiger partial charge in [0.15, 0.2) is 11.0 Å². The summed E-state index contributed by atoms with van der Waals surface area (Å²) in [6, 6.07) is 5.42. The number of hydrogen-bond acceptors (Lipinski definition) is 5. The zero-order valence-electron chi connectivity index (χ0n) is 7.92. The average molecular weight is 217 g/mol. The molecule has 0 fully saturated rings. The van der Waals surface area contributed by atoms with Gasteiger partial charge in [0, 0.05) is 18.8 Å². The number of rotatable bonds is 1. The number of aromatic nitrogens is 4. The van der Waals surface area contributed by atoms with Crippen molar-refractivity contribution in [2.45, 2.75) is 5.16 Å². The standard InChI is InChI=1S/C9H7N5S/c1-14-8(12-13-9(14)15)6-2-3-11-7(4-6)5-10/h2-4H,1H3,(H,13,15). The summed E-state index contributed by atoms with van der Waals surface area (Å²) in [7, 11) is 1.81. The Balaban J connectivity index is 2.55. The number of hydrogen-bond donors (Lipinski definition) is 1. The van der Waals surface area contributed by atoms with Crippen LogP contribution >= 0.6 is 12.6 Å². The molecule has 0 amide bonds. The maximum atomic E-state index is 8.71. The van der Waals surface area contributed by atoms with Crippen LogP contribution in [0.4, 0.5) is 0 Å². The van der Waals surface area contributed by atoms with Gasteiger partial charge >= 0.3 is 0 Å². The fraction of sp³-hybridized carbons (Fsp3) is 0.111. The third-order valence-corrected chi connectivity index (χ3v) is 2.37. The van der Waals surface area contributed by atoms with E-state index < -0.39 is 0 Å². The molecule has 0 aliphatic carbocycles. The molecule has 0 aromatic carbocycles. The van der Waals surface area contributed by atoms with E-state index in [0.29, 0.717) is 16.7 Å². The second-order valence-corrected chi connectivity index (χ2v) is 3.32. The second-order valence-electron chi connectivity index (χ2n) is 2.92. The first-order valence-electron chi connectivity index (χ1n) is 4.17. The van der Waals surface area contributed by atoms with E-state index in [-0.39, 0.29) is 0 Å². The van der Waals surface area contributed by atoms with E-state index >= 15 is 0 Å². The number of pyridine rings is 1. The van der Waals surface area contributed by atoms with Crippen LogP contribution in [0.2, 0.25) is 0 Å². The molecule has 0 aliphatic heterocycles. The van der Waals surface area contributed by atoms with Crippen LogP contribution in [-0.2, 0) is 7.05 Å². The predicted octanol–water partition coefficient (Wildman–Crippen LogP) is 1.04. The molecule has 0 saturated carbocycles. The van der Waals surface area contributed by atoms with Gasteiger partial charge in [-0.05, 0) is 12.1 Å². The molecule has 0 N–H and O–H groups in total. The highest BCUT2D eigenvalue weighted by Crippen LogP contribution is 2.18. The second kappa shape index (κ2) is 3.71. The molecule has 0 spiro atoms. The van der Waals surface area contributed by atoms with Crippen molar-refractivity contribution in [1.29, 1.82) is 5.26 Å². The highest BCUT2D eigenvalue weighted by atomic mass is 32.1. The molecule has 2 heterocycles. The van der Waals surface area contributed by atoms with Gasteiger partial charge < -0.3 is 4.57 Å². The Hall–Kier alpha value is -1.87. The van der Waals surface area contributed by atoms with E-state index in [9.17, 15) is 0 Å². The van der Waals surface area contributed by atoms with Crippen molar-refractivity contribution in [3.05, 3.63) is 24.0 Å². The normalized spacial score (nSPS) is 9.93. The van der Waals surface area contributed by atoms with Gasteiger partial charge in [0.05, 0.1) is 0 Å². The van der Waals surface area contributed by atoms with Gasteiger partial charge in [-0.3, -0.25) is 0 Å². The Bertz CT molecular complexity index is 540. The Morgan fingerprint density at radius 3 is 2.87 bits per heavy atom. The molecule has 0 aliphatic rings. The summed E-state index contributed by atoms with van der Waals surface area (Å²) in [5.74, 6) is 0.666. The minimum absolute atomic E-state index is 0.358. The lowest BCUT2D eigenvalue weighted by Gasteiger charge is -2.00. The van der Waals surface area contributed by atoms with E-state index in [2.05, 4.69) is 27.8 Å². The van der Waals surface area contributed by atoms with Gasteiger partial charge in [-0.2, -0.15) is 5.26 Å². The molecule has 0 bridgehead atoms. The van der Waals surface area contributed by atoms with Crippen LogP contribution in [-0.4, -0.2) is 19.7 Å². The molecule has 0 radical (unpaired) electrons. The molecule has 0 saturated heterocycles. The quantitative estimate of drug-likeness (QED) is 0.725. The highest BCUT2D eigenvalue weighted by Gasteiger charge is 2.08. The smallest absolute Gasteiger partial charge is 0.188 e. The largest absolute Gasteiger partial charge is 0.305 e. The number of nitrogens with zero attached hydrogens (tertiary/aromatic N) is 5. The van der Waals surface area contributed by atoms with Crippen molar-refractivity contribution in [3.63, 3.8) is 0 Å². The lowest BCUT2D eigenvalue weighted by molar-refractivity contribution is 0.798. The van der Waals surface area contributed by atoms with Crippen molar-refractivity contribution in [3.8, 4) is 17.5 Å². The van der Waals surface area contributed by atoms with Crippen LogP contribution in [0.1, 0.15) is 5.69 Å². The first kappa shape index (κ1) is 9.68. The molecule has 15 heavy (non-hydrogen) atoms. The lowest BCUT2D eigenvalue weighted by Crippen LogP contribution is -1.94. The Labute approximate surface area is 91.8 Å². The molecular formula is C9H7N5S. The van der Waals surface area contributed by atoms with Crippen molar-refractivity contribution < 1.29 is 0 Å². The molecule has 2 aromatic heterocycles. The zero-order chi connectivity index (χ0) is 10.8. The number of thiol groups is 1. The van der Waals surface area contributed by atoms with Crippen molar-refractivity contribution in [2.24, 2.45) is 7.05 Å². The Morgan fingerprint density at radius 2 is 2.27 bits per heavy atom. The van der Waals surface area contributed by atoms with Crippen LogP contribution in [0.15, 0.2) is 23.5 Å². The molecule has 6 heteroatoms. The van der Waals surface area contributed by atoms with E-state index in [1.54, 1.807) is 22.9 Å². The summed E-state index contributed by atoms with van der Waals surface area (Å²) in [4.78, 5) is 3.88. The third-order valence-electron chi connectivity index (χ3n) is 1.98. The summed E-state index contributed by atoms with van der Waals surface area (Å²) in [5.41, 5.74) is 1.16. The highest BCUT2D eigenvalue weighted by molar-refractivity contribution is 7.80. The van der Waals surface area contributed by atoms with E-state index in [1.807, 2.05) is 13.1 Å². The van der Waals surface area contributed by atoms with Gasteiger partial charge in [-0.15, -0.1) is 22.8 Å².